The van der Waals surface area contributed by atoms with Crippen LogP contribution in [-0.2, 0) is 0 Å². The van der Waals surface area contributed by atoms with E-state index in [1.807, 2.05) is 18.2 Å². The second kappa shape index (κ2) is 2.84. The fraction of sp³-hybridized carbons (Fsp3) is 0. The number of nitrogens with one attached hydrogen (secondary N) is 1. The predicted molar refractivity (Wildman–Crippen MR) is 60.8 cm³/mol. The molecule has 0 aliphatic heterocycles. The molecule has 0 aliphatic rings. The molecule has 3 N–H and O–H groups in total. The van der Waals surface area contributed by atoms with Crippen LogP contribution in [0, 0.1) is 0 Å². The Morgan fingerprint density at radius 2 is 2.13 bits per heavy atom. The number of aromatic amines is 1. The lowest BCUT2D eigenvalue weighted by atomic mass is 10.1. The molecule has 0 amide bonds. The van der Waals surface area contributed by atoms with Gasteiger partial charge in [-0.3, -0.25) is 10.1 Å². The molecule has 0 fully saturated rings. The van der Waals surface area contributed by atoms with Crippen molar-refractivity contribution in [2.45, 2.75) is 0 Å². The summed E-state index contributed by atoms with van der Waals surface area (Å²) < 4.78 is 0. The van der Waals surface area contributed by atoms with E-state index in [4.69, 9.17) is 17.3 Å². The number of nitrogen functional groups attached to an aromatic ring is 1. The third kappa shape index (κ3) is 1.08. The number of para-hydroxylation sites is 1. The molecule has 74 valence electrons. The average molecular weight is 219 g/mol. The molecule has 2 aromatic heterocycles. The maximum absolute atomic E-state index is 6.04. The molecule has 0 saturated carbocycles. The van der Waals surface area contributed by atoms with Gasteiger partial charge in [-0.1, -0.05) is 23.7 Å². The molecular weight excluding hydrogens is 212 g/mol. The quantitative estimate of drug-likeness (QED) is 0.609. The van der Waals surface area contributed by atoms with Crippen molar-refractivity contribution >= 4 is 39.2 Å². The second-order valence-electron chi connectivity index (χ2n) is 3.29. The van der Waals surface area contributed by atoms with Crippen molar-refractivity contribution in [3.05, 3.63) is 29.4 Å². The minimum atomic E-state index is 0.458. The van der Waals surface area contributed by atoms with Gasteiger partial charge in [-0.25, -0.2) is 0 Å². The molecule has 0 atom stereocenters. The van der Waals surface area contributed by atoms with Crippen LogP contribution in [0.5, 0.6) is 0 Å². The van der Waals surface area contributed by atoms with E-state index in [1.54, 1.807) is 6.20 Å². The van der Waals surface area contributed by atoms with Gasteiger partial charge in [-0.15, -0.1) is 0 Å². The maximum Gasteiger partial charge on any atom is 0.154 e. The third-order valence-electron chi connectivity index (χ3n) is 2.41. The predicted octanol–water partition coefficient (Wildman–Crippen LogP) is 2.35. The van der Waals surface area contributed by atoms with E-state index < -0.39 is 0 Å². The smallest absolute Gasteiger partial charge is 0.154 e. The van der Waals surface area contributed by atoms with E-state index in [2.05, 4.69) is 15.2 Å². The van der Waals surface area contributed by atoms with Crippen LogP contribution in [0.3, 0.4) is 0 Å². The third-order valence-corrected chi connectivity index (χ3v) is 2.72. The van der Waals surface area contributed by atoms with Crippen molar-refractivity contribution in [1.82, 2.24) is 15.2 Å². The van der Waals surface area contributed by atoms with Crippen LogP contribution >= 0.6 is 11.6 Å². The van der Waals surface area contributed by atoms with E-state index in [-0.39, 0.29) is 0 Å². The monoisotopic (exact) mass is 218 g/mol. The van der Waals surface area contributed by atoms with Crippen molar-refractivity contribution in [2.24, 2.45) is 0 Å². The summed E-state index contributed by atoms with van der Waals surface area (Å²) in [5.41, 5.74) is 7.32. The summed E-state index contributed by atoms with van der Waals surface area (Å²) in [5.74, 6) is 0.458. The van der Waals surface area contributed by atoms with Crippen molar-refractivity contribution in [3.8, 4) is 0 Å². The zero-order valence-corrected chi connectivity index (χ0v) is 8.42. The number of aromatic nitrogens is 3. The molecule has 1 aromatic carbocycles. The van der Waals surface area contributed by atoms with Crippen LogP contribution < -0.4 is 5.73 Å². The molecule has 15 heavy (non-hydrogen) atoms. The molecular formula is C10H7ClN4. The molecule has 0 unspecified atom stereocenters. The number of rotatable bonds is 0. The molecule has 0 saturated heterocycles. The zero-order valence-electron chi connectivity index (χ0n) is 7.66. The van der Waals surface area contributed by atoms with Crippen molar-refractivity contribution < 1.29 is 0 Å². The molecule has 5 heteroatoms. The summed E-state index contributed by atoms with van der Waals surface area (Å²) in [5, 5.41) is 9.22. The molecule has 4 nitrogen and oxygen atoms in total. The van der Waals surface area contributed by atoms with Crippen LogP contribution in [0.1, 0.15) is 0 Å². The average Bonchev–Trinajstić information content (AvgIpc) is 2.61. The molecule has 0 spiro atoms. The van der Waals surface area contributed by atoms with E-state index in [9.17, 15) is 0 Å². The number of H-pyrrole nitrogens is 1. The number of benzene rings is 1. The zero-order chi connectivity index (χ0) is 10.4. The first kappa shape index (κ1) is 8.49. The van der Waals surface area contributed by atoms with Crippen LogP contribution in [0.2, 0.25) is 5.02 Å². The highest BCUT2D eigenvalue weighted by molar-refractivity contribution is 6.35. The lowest BCUT2D eigenvalue weighted by Gasteiger charge is -1.99. The molecule has 0 aliphatic carbocycles. The summed E-state index contributed by atoms with van der Waals surface area (Å²) in [6.07, 6.45) is 1.68. The van der Waals surface area contributed by atoms with Crippen molar-refractivity contribution in [1.29, 1.82) is 0 Å². The van der Waals surface area contributed by atoms with Crippen molar-refractivity contribution in [2.75, 3.05) is 5.73 Å². The first-order valence-corrected chi connectivity index (χ1v) is 4.82. The molecule has 0 bridgehead atoms. The lowest BCUT2D eigenvalue weighted by molar-refractivity contribution is 1.13. The van der Waals surface area contributed by atoms with E-state index in [1.165, 1.54) is 0 Å². The Balaban J connectivity index is 2.61. The second-order valence-corrected chi connectivity index (χ2v) is 3.70. The number of hydrogen-bond acceptors (Lipinski definition) is 3. The van der Waals surface area contributed by atoms with Crippen LogP contribution in [0.25, 0.3) is 21.8 Å². The Hall–Kier alpha value is -1.81. The lowest BCUT2D eigenvalue weighted by Crippen LogP contribution is -1.85. The number of nitrogens with zero attached hydrogens (tertiary/aromatic N) is 2. The maximum atomic E-state index is 6.04. The first-order valence-electron chi connectivity index (χ1n) is 4.44. The van der Waals surface area contributed by atoms with Gasteiger partial charge in [-0.2, -0.15) is 5.10 Å². The fourth-order valence-electron chi connectivity index (χ4n) is 1.68. The van der Waals surface area contributed by atoms with Gasteiger partial charge in [0.25, 0.3) is 0 Å². The SMILES string of the molecule is Nc1n[nH]c2c1cnc1c(Cl)cccc12. The largest absolute Gasteiger partial charge is 0.382 e. The summed E-state index contributed by atoms with van der Waals surface area (Å²) in [7, 11) is 0. The number of halogens is 1. The molecule has 3 rings (SSSR count). The highest BCUT2D eigenvalue weighted by Gasteiger charge is 2.08. The minimum absolute atomic E-state index is 0.458. The Labute approximate surface area is 90.1 Å². The standard InChI is InChI=1S/C10H7ClN4/c11-7-3-1-2-5-8-6(4-13-9(5)7)10(12)15-14-8/h1-4H,(H3,12,14,15). The molecule has 2 heterocycles. The van der Waals surface area contributed by atoms with Gasteiger partial charge < -0.3 is 5.73 Å². The van der Waals surface area contributed by atoms with E-state index >= 15 is 0 Å². The Morgan fingerprint density at radius 3 is 3.00 bits per heavy atom. The highest BCUT2D eigenvalue weighted by atomic mass is 35.5. The van der Waals surface area contributed by atoms with Gasteiger partial charge in [0, 0.05) is 11.6 Å². The summed E-state index contributed by atoms with van der Waals surface area (Å²) in [4.78, 5) is 4.27. The summed E-state index contributed by atoms with van der Waals surface area (Å²) in [6.45, 7) is 0. The van der Waals surface area contributed by atoms with Gasteiger partial charge in [0.15, 0.2) is 5.82 Å². The van der Waals surface area contributed by atoms with E-state index in [0.717, 1.165) is 21.8 Å². The summed E-state index contributed by atoms with van der Waals surface area (Å²) >= 11 is 6.04. The number of pyridine rings is 1. The normalized spacial score (nSPS) is 11.3. The Morgan fingerprint density at radius 1 is 1.27 bits per heavy atom. The summed E-state index contributed by atoms with van der Waals surface area (Å²) in [6, 6.07) is 5.62. The fourth-order valence-corrected chi connectivity index (χ4v) is 1.90. The van der Waals surface area contributed by atoms with Gasteiger partial charge in [-0.05, 0) is 6.07 Å². The number of hydrogen-bond donors (Lipinski definition) is 2. The van der Waals surface area contributed by atoms with Crippen LogP contribution in [0.4, 0.5) is 5.82 Å². The number of anilines is 1. The topological polar surface area (TPSA) is 67.6 Å². The number of nitrogens with two attached hydrogens (primary N) is 1. The minimum Gasteiger partial charge on any atom is -0.382 e. The van der Waals surface area contributed by atoms with Gasteiger partial charge in [0.1, 0.15) is 0 Å². The number of fused-ring (bicyclic) bond motifs is 3. The van der Waals surface area contributed by atoms with E-state index in [0.29, 0.717) is 10.8 Å². The first-order chi connectivity index (χ1) is 7.27. The Kier molecular flexibility index (Phi) is 1.61. The molecule has 0 radical (unpaired) electrons. The van der Waals surface area contributed by atoms with Gasteiger partial charge >= 0.3 is 0 Å². The molecule has 3 aromatic rings. The highest BCUT2D eigenvalue weighted by Crippen LogP contribution is 2.28. The van der Waals surface area contributed by atoms with Crippen LogP contribution in [0.15, 0.2) is 24.4 Å². The van der Waals surface area contributed by atoms with Gasteiger partial charge in [0.2, 0.25) is 0 Å². The Bertz CT molecular complexity index is 659. The van der Waals surface area contributed by atoms with Crippen LogP contribution in [-0.4, -0.2) is 15.2 Å². The van der Waals surface area contributed by atoms with Crippen molar-refractivity contribution in [3.63, 3.8) is 0 Å². The van der Waals surface area contributed by atoms with Gasteiger partial charge in [0.05, 0.1) is 21.4 Å².